The van der Waals surface area contributed by atoms with Gasteiger partial charge in [-0.05, 0) is 25.3 Å². The van der Waals surface area contributed by atoms with Crippen LogP contribution >= 0.6 is 0 Å². The van der Waals surface area contributed by atoms with Gasteiger partial charge in [0.15, 0.2) is 5.82 Å². The van der Waals surface area contributed by atoms with E-state index in [2.05, 4.69) is 28.9 Å². The van der Waals surface area contributed by atoms with Crippen molar-refractivity contribution in [3.05, 3.63) is 11.7 Å². The van der Waals surface area contributed by atoms with Crippen molar-refractivity contribution in [3.8, 4) is 0 Å². The maximum atomic E-state index is 11.5. The van der Waals surface area contributed by atoms with Crippen LogP contribution in [0.2, 0.25) is 0 Å². The van der Waals surface area contributed by atoms with Crippen LogP contribution in [0.5, 0.6) is 0 Å². The SMILES string of the molecule is COC(=O)CC1CCCCN1Cc1nc(CC(C)C)no1. The lowest BCUT2D eigenvalue weighted by Crippen LogP contribution is -2.40. The molecule has 6 nitrogen and oxygen atoms in total. The van der Waals surface area contributed by atoms with Crippen molar-refractivity contribution in [2.75, 3.05) is 13.7 Å². The first kappa shape index (κ1) is 15.9. The van der Waals surface area contributed by atoms with Crippen molar-refractivity contribution in [2.45, 2.75) is 58.5 Å². The predicted octanol–water partition coefficient (Wildman–Crippen LogP) is 2.19. The third-order valence-corrected chi connectivity index (χ3v) is 3.82. The number of esters is 1. The largest absolute Gasteiger partial charge is 0.469 e. The minimum atomic E-state index is -0.155. The smallest absolute Gasteiger partial charge is 0.307 e. The van der Waals surface area contributed by atoms with E-state index in [9.17, 15) is 4.79 Å². The number of ether oxygens (including phenoxy) is 1. The number of carbonyl (C=O) groups is 1. The lowest BCUT2D eigenvalue weighted by Gasteiger charge is -2.33. The summed E-state index contributed by atoms with van der Waals surface area (Å²) in [6, 6.07) is 0.214. The van der Waals surface area contributed by atoms with Crippen LogP contribution in [0, 0.1) is 5.92 Å². The highest BCUT2D eigenvalue weighted by Gasteiger charge is 2.26. The van der Waals surface area contributed by atoms with Gasteiger partial charge in [0.1, 0.15) is 0 Å². The molecular weight excluding hydrogens is 270 g/mol. The van der Waals surface area contributed by atoms with E-state index >= 15 is 0 Å². The van der Waals surface area contributed by atoms with E-state index in [0.717, 1.165) is 38.1 Å². The van der Waals surface area contributed by atoms with E-state index in [0.29, 0.717) is 24.8 Å². The van der Waals surface area contributed by atoms with Gasteiger partial charge in [0, 0.05) is 12.5 Å². The van der Waals surface area contributed by atoms with Crippen molar-refractivity contribution in [2.24, 2.45) is 5.92 Å². The van der Waals surface area contributed by atoms with Gasteiger partial charge in [-0.3, -0.25) is 9.69 Å². The van der Waals surface area contributed by atoms with Crippen molar-refractivity contribution >= 4 is 5.97 Å². The number of aromatic nitrogens is 2. The first-order chi connectivity index (χ1) is 10.1. The molecule has 1 fully saturated rings. The van der Waals surface area contributed by atoms with Crippen LogP contribution in [0.1, 0.15) is 51.2 Å². The maximum absolute atomic E-state index is 11.5. The van der Waals surface area contributed by atoms with Crippen LogP contribution in [0.4, 0.5) is 0 Å². The van der Waals surface area contributed by atoms with Gasteiger partial charge in [-0.15, -0.1) is 0 Å². The Hall–Kier alpha value is -1.43. The van der Waals surface area contributed by atoms with E-state index < -0.39 is 0 Å². The van der Waals surface area contributed by atoms with Gasteiger partial charge >= 0.3 is 5.97 Å². The van der Waals surface area contributed by atoms with E-state index in [1.54, 1.807) is 0 Å². The normalized spacial score (nSPS) is 19.9. The monoisotopic (exact) mass is 295 g/mol. The molecule has 1 atom stereocenters. The molecule has 2 heterocycles. The molecule has 1 aliphatic rings. The van der Waals surface area contributed by atoms with Crippen LogP contribution in [-0.4, -0.2) is 40.7 Å². The molecule has 118 valence electrons. The molecule has 0 bridgehead atoms. The number of rotatable bonds is 6. The van der Waals surface area contributed by atoms with Gasteiger partial charge in [0.2, 0.25) is 5.89 Å². The molecule has 6 heteroatoms. The third-order valence-electron chi connectivity index (χ3n) is 3.82. The number of hydrogen-bond acceptors (Lipinski definition) is 6. The predicted molar refractivity (Wildman–Crippen MR) is 77.5 cm³/mol. The van der Waals surface area contributed by atoms with Crippen LogP contribution in [0.3, 0.4) is 0 Å². The van der Waals surface area contributed by atoms with Crippen molar-refractivity contribution in [1.82, 2.24) is 15.0 Å². The second-order valence-corrected chi connectivity index (χ2v) is 6.10. The summed E-state index contributed by atoms with van der Waals surface area (Å²) in [6.07, 6.45) is 4.58. The van der Waals surface area contributed by atoms with Gasteiger partial charge in [0.05, 0.1) is 20.1 Å². The van der Waals surface area contributed by atoms with E-state index in [-0.39, 0.29) is 12.0 Å². The Labute approximate surface area is 125 Å². The zero-order chi connectivity index (χ0) is 15.2. The molecule has 2 rings (SSSR count). The van der Waals surface area contributed by atoms with E-state index in [1.807, 2.05) is 0 Å². The summed E-state index contributed by atoms with van der Waals surface area (Å²) < 4.78 is 10.1. The number of piperidine rings is 1. The molecule has 0 aliphatic carbocycles. The van der Waals surface area contributed by atoms with Crippen molar-refractivity contribution < 1.29 is 14.1 Å². The van der Waals surface area contributed by atoms with Gasteiger partial charge in [-0.2, -0.15) is 4.98 Å². The Kier molecular flexibility index (Phi) is 5.73. The fourth-order valence-corrected chi connectivity index (χ4v) is 2.75. The molecule has 1 saturated heterocycles. The Balaban J connectivity index is 1.95. The molecule has 0 N–H and O–H groups in total. The lowest BCUT2D eigenvalue weighted by molar-refractivity contribution is -0.142. The third kappa shape index (κ3) is 4.81. The van der Waals surface area contributed by atoms with E-state index in [4.69, 9.17) is 9.26 Å². The minimum Gasteiger partial charge on any atom is -0.469 e. The topological polar surface area (TPSA) is 68.5 Å². The fourth-order valence-electron chi connectivity index (χ4n) is 2.75. The van der Waals surface area contributed by atoms with Crippen LogP contribution < -0.4 is 0 Å². The van der Waals surface area contributed by atoms with Gasteiger partial charge in [0.25, 0.3) is 0 Å². The summed E-state index contributed by atoms with van der Waals surface area (Å²) in [7, 11) is 1.44. The van der Waals surface area contributed by atoms with Gasteiger partial charge < -0.3 is 9.26 Å². The Morgan fingerprint density at radius 2 is 2.29 bits per heavy atom. The quantitative estimate of drug-likeness (QED) is 0.749. The first-order valence-electron chi connectivity index (χ1n) is 7.70. The van der Waals surface area contributed by atoms with Crippen LogP contribution in [0.25, 0.3) is 0 Å². The molecule has 1 unspecified atom stereocenters. The fraction of sp³-hybridized carbons (Fsp3) is 0.800. The summed E-state index contributed by atoms with van der Waals surface area (Å²) in [5.74, 6) is 1.76. The highest BCUT2D eigenvalue weighted by atomic mass is 16.5. The summed E-state index contributed by atoms with van der Waals surface area (Å²) in [4.78, 5) is 18.2. The number of hydrogen-bond donors (Lipinski definition) is 0. The summed E-state index contributed by atoms with van der Waals surface area (Å²) in [5.41, 5.74) is 0. The average Bonchev–Trinajstić information content (AvgIpc) is 2.87. The lowest BCUT2D eigenvalue weighted by atomic mass is 9.99. The molecule has 1 aromatic heterocycles. The molecule has 21 heavy (non-hydrogen) atoms. The molecule has 0 saturated carbocycles. The summed E-state index contributed by atoms with van der Waals surface area (Å²) in [5, 5.41) is 4.02. The van der Waals surface area contributed by atoms with Crippen molar-refractivity contribution in [3.63, 3.8) is 0 Å². The zero-order valence-electron chi connectivity index (χ0n) is 13.2. The number of nitrogens with zero attached hydrogens (tertiary/aromatic N) is 3. The average molecular weight is 295 g/mol. The van der Waals surface area contributed by atoms with Gasteiger partial charge in [-0.25, -0.2) is 0 Å². The molecule has 1 aromatic rings. The Morgan fingerprint density at radius 1 is 1.48 bits per heavy atom. The zero-order valence-corrected chi connectivity index (χ0v) is 13.2. The Morgan fingerprint density at radius 3 is 3.00 bits per heavy atom. The standard InChI is InChI=1S/C15H25N3O3/c1-11(2)8-13-16-14(21-17-13)10-18-7-5-4-6-12(18)9-15(19)20-3/h11-12H,4-10H2,1-3H3. The first-order valence-corrected chi connectivity index (χ1v) is 7.70. The highest BCUT2D eigenvalue weighted by molar-refractivity contribution is 5.69. The van der Waals surface area contributed by atoms with Crippen molar-refractivity contribution in [1.29, 1.82) is 0 Å². The number of methoxy groups -OCH3 is 1. The maximum Gasteiger partial charge on any atom is 0.307 e. The summed E-state index contributed by atoms with van der Waals surface area (Å²) >= 11 is 0. The molecular formula is C15H25N3O3. The second-order valence-electron chi connectivity index (χ2n) is 6.10. The number of likely N-dealkylation sites (tertiary alicyclic amines) is 1. The van der Waals surface area contributed by atoms with Crippen LogP contribution in [0.15, 0.2) is 4.52 Å². The van der Waals surface area contributed by atoms with E-state index in [1.165, 1.54) is 7.11 Å². The molecule has 0 spiro atoms. The molecule has 1 aliphatic heterocycles. The number of carbonyl (C=O) groups excluding carboxylic acids is 1. The molecule has 0 aromatic carbocycles. The molecule has 0 amide bonds. The Bertz CT molecular complexity index is 459. The van der Waals surface area contributed by atoms with Crippen LogP contribution in [-0.2, 0) is 22.5 Å². The molecule has 0 radical (unpaired) electrons. The van der Waals surface area contributed by atoms with Gasteiger partial charge in [-0.1, -0.05) is 25.4 Å². The summed E-state index contributed by atoms with van der Waals surface area (Å²) in [6.45, 7) is 5.84. The minimum absolute atomic E-state index is 0.155. The highest BCUT2D eigenvalue weighted by Crippen LogP contribution is 2.22. The second kappa shape index (κ2) is 7.54.